The van der Waals surface area contributed by atoms with E-state index in [9.17, 15) is 0 Å². The van der Waals surface area contributed by atoms with Crippen molar-refractivity contribution in [2.45, 2.75) is 52.2 Å². The van der Waals surface area contributed by atoms with Crippen LogP contribution in [0.15, 0.2) is 18.2 Å². The Balaban J connectivity index is 2.70. The summed E-state index contributed by atoms with van der Waals surface area (Å²) in [5.41, 5.74) is 0.926. The Labute approximate surface area is 132 Å². The van der Waals surface area contributed by atoms with Gasteiger partial charge in [0.05, 0.1) is 12.2 Å². The molecule has 114 valence electrons. The van der Waals surface area contributed by atoms with Crippen LogP contribution in [-0.4, -0.2) is 24.8 Å². The molecule has 20 heavy (non-hydrogen) atoms. The smallest absolute Gasteiger partial charge is 0.0630 e. The van der Waals surface area contributed by atoms with E-state index in [0.29, 0.717) is 6.61 Å². The number of ether oxygens (including phenoxy) is 1. The molecule has 0 fully saturated rings. The maximum absolute atomic E-state index is 6.24. The van der Waals surface area contributed by atoms with Crippen molar-refractivity contribution in [3.63, 3.8) is 0 Å². The second kappa shape index (κ2) is 8.23. The van der Waals surface area contributed by atoms with Gasteiger partial charge in [-0.15, -0.1) is 0 Å². The molecule has 0 bridgehead atoms. The van der Waals surface area contributed by atoms with Gasteiger partial charge in [-0.3, -0.25) is 0 Å². The highest BCUT2D eigenvalue weighted by Crippen LogP contribution is 2.22. The molecule has 1 aromatic rings. The van der Waals surface area contributed by atoms with E-state index in [1.807, 2.05) is 18.2 Å². The molecular weight excluding hydrogens is 293 g/mol. The van der Waals surface area contributed by atoms with Crippen LogP contribution < -0.4 is 5.32 Å². The molecule has 0 amide bonds. The Morgan fingerprint density at radius 3 is 2.55 bits per heavy atom. The standard InChI is InChI=1S/C16H25Cl2NO/c1-5-8-19-14(11-20-16(2,3)4)10-12-9-13(17)6-7-15(12)18/h6-7,9,14,19H,5,8,10-11H2,1-4H3. The summed E-state index contributed by atoms with van der Waals surface area (Å²) in [6.07, 6.45) is 1.91. The Hall–Kier alpha value is -0.280. The van der Waals surface area contributed by atoms with E-state index in [0.717, 1.165) is 35.0 Å². The first-order valence-electron chi connectivity index (χ1n) is 7.13. The lowest BCUT2D eigenvalue weighted by atomic mass is 10.1. The summed E-state index contributed by atoms with van der Waals surface area (Å²) in [5.74, 6) is 0. The van der Waals surface area contributed by atoms with E-state index in [4.69, 9.17) is 27.9 Å². The molecule has 1 aromatic carbocycles. The van der Waals surface area contributed by atoms with Crippen molar-refractivity contribution in [1.29, 1.82) is 0 Å². The lowest BCUT2D eigenvalue weighted by Gasteiger charge is -2.25. The molecule has 0 heterocycles. The zero-order valence-corrected chi connectivity index (χ0v) is 14.3. The van der Waals surface area contributed by atoms with E-state index < -0.39 is 0 Å². The van der Waals surface area contributed by atoms with Gasteiger partial charge in [-0.05, 0) is 63.9 Å². The van der Waals surface area contributed by atoms with Crippen LogP contribution >= 0.6 is 23.2 Å². The van der Waals surface area contributed by atoms with Gasteiger partial charge in [0, 0.05) is 16.1 Å². The molecule has 0 spiro atoms. The molecule has 0 radical (unpaired) electrons. The zero-order valence-electron chi connectivity index (χ0n) is 12.8. The van der Waals surface area contributed by atoms with E-state index in [1.165, 1.54) is 0 Å². The summed E-state index contributed by atoms with van der Waals surface area (Å²) >= 11 is 12.3. The molecule has 1 unspecified atom stereocenters. The minimum atomic E-state index is -0.135. The molecule has 0 saturated carbocycles. The molecule has 1 N–H and O–H groups in total. The molecule has 2 nitrogen and oxygen atoms in total. The molecule has 1 rings (SSSR count). The third-order valence-corrected chi connectivity index (χ3v) is 3.48. The largest absolute Gasteiger partial charge is 0.374 e. The van der Waals surface area contributed by atoms with Crippen LogP contribution in [0.25, 0.3) is 0 Å². The highest BCUT2D eigenvalue weighted by Gasteiger charge is 2.16. The lowest BCUT2D eigenvalue weighted by molar-refractivity contribution is -0.0143. The first-order valence-corrected chi connectivity index (χ1v) is 7.88. The van der Waals surface area contributed by atoms with E-state index in [2.05, 4.69) is 33.0 Å². The van der Waals surface area contributed by atoms with Crippen molar-refractivity contribution >= 4 is 23.2 Å². The summed E-state index contributed by atoms with van der Waals surface area (Å²) in [6, 6.07) is 5.83. The van der Waals surface area contributed by atoms with Gasteiger partial charge in [0.1, 0.15) is 0 Å². The van der Waals surface area contributed by atoms with E-state index in [1.54, 1.807) is 0 Å². The SMILES string of the molecule is CCCNC(COC(C)(C)C)Cc1cc(Cl)ccc1Cl. The Bertz CT molecular complexity index is 415. The highest BCUT2D eigenvalue weighted by molar-refractivity contribution is 6.33. The summed E-state index contributed by atoms with van der Waals surface area (Å²) < 4.78 is 5.89. The van der Waals surface area contributed by atoms with Crippen LogP contribution in [0.3, 0.4) is 0 Å². The summed E-state index contributed by atoms with van der Waals surface area (Å²) in [7, 11) is 0. The maximum Gasteiger partial charge on any atom is 0.0630 e. The fraction of sp³-hybridized carbons (Fsp3) is 0.625. The van der Waals surface area contributed by atoms with E-state index in [-0.39, 0.29) is 11.6 Å². The molecule has 0 aromatic heterocycles. The second-order valence-corrected chi connectivity index (χ2v) is 6.86. The quantitative estimate of drug-likeness (QED) is 0.785. The Morgan fingerprint density at radius 1 is 1.25 bits per heavy atom. The fourth-order valence-corrected chi connectivity index (χ4v) is 2.24. The average Bonchev–Trinajstić information content (AvgIpc) is 2.36. The van der Waals surface area contributed by atoms with Gasteiger partial charge in [-0.1, -0.05) is 30.1 Å². The van der Waals surface area contributed by atoms with Gasteiger partial charge in [-0.2, -0.15) is 0 Å². The van der Waals surface area contributed by atoms with Gasteiger partial charge in [0.15, 0.2) is 0 Å². The maximum atomic E-state index is 6.24. The van der Waals surface area contributed by atoms with Crippen molar-refractivity contribution < 1.29 is 4.74 Å². The molecule has 0 saturated heterocycles. The number of hydrogen-bond donors (Lipinski definition) is 1. The summed E-state index contributed by atoms with van der Waals surface area (Å²) in [5, 5.41) is 4.99. The topological polar surface area (TPSA) is 21.3 Å². The number of halogens is 2. The molecule has 1 atom stereocenters. The number of rotatable bonds is 7. The van der Waals surface area contributed by atoms with Gasteiger partial charge in [0.2, 0.25) is 0 Å². The van der Waals surface area contributed by atoms with Gasteiger partial charge < -0.3 is 10.1 Å². The second-order valence-electron chi connectivity index (χ2n) is 6.01. The number of benzene rings is 1. The van der Waals surface area contributed by atoms with Crippen molar-refractivity contribution in [1.82, 2.24) is 5.32 Å². The fourth-order valence-electron chi connectivity index (χ4n) is 1.85. The average molecular weight is 318 g/mol. The molecule has 0 aliphatic heterocycles. The Kier molecular flexibility index (Phi) is 7.32. The molecule has 0 aliphatic rings. The molecule has 4 heteroatoms. The van der Waals surface area contributed by atoms with Gasteiger partial charge in [-0.25, -0.2) is 0 Å². The van der Waals surface area contributed by atoms with Crippen molar-refractivity contribution in [2.75, 3.05) is 13.2 Å². The van der Waals surface area contributed by atoms with Crippen LogP contribution in [0.1, 0.15) is 39.7 Å². The van der Waals surface area contributed by atoms with Crippen molar-refractivity contribution in [3.8, 4) is 0 Å². The third kappa shape index (κ3) is 6.94. The predicted octanol–water partition coefficient (Wildman–Crippen LogP) is 4.72. The summed E-state index contributed by atoms with van der Waals surface area (Å²) in [6.45, 7) is 9.98. The van der Waals surface area contributed by atoms with Crippen LogP contribution in [0.5, 0.6) is 0 Å². The van der Waals surface area contributed by atoms with Crippen molar-refractivity contribution in [3.05, 3.63) is 33.8 Å². The summed E-state index contributed by atoms with van der Waals surface area (Å²) in [4.78, 5) is 0. The normalized spacial score (nSPS) is 13.5. The van der Waals surface area contributed by atoms with Crippen LogP contribution in [0.4, 0.5) is 0 Å². The minimum Gasteiger partial charge on any atom is -0.374 e. The predicted molar refractivity (Wildman–Crippen MR) is 88.0 cm³/mol. The van der Waals surface area contributed by atoms with Crippen molar-refractivity contribution in [2.24, 2.45) is 0 Å². The van der Waals surface area contributed by atoms with Gasteiger partial charge >= 0.3 is 0 Å². The zero-order chi connectivity index (χ0) is 15.2. The van der Waals surface area contributed by atoms with Crippen LogP contribution in [0, 0.1) is 0 Å². The van der Waals surface area contributed by atoms with Gasteiger partial charge in [0.25, 0.3) is 0 Å². The van der Waals surface area contributed by atoms with E-state index >= 15 is 0 Å². The first kappa shape index (κ1) is 17.8. The van der Waals surface area contributed by atoms with Crippen LogP contribution in [0.2, 0.25) is 10.0 Å². The molecular formula is C16H25Cl2NO. The number of nitrogens with one attached hydrogen (secondary N) is 1. The van der Waals surface area contributed by atoms with Crippen LogP contribution in [-0.2, 0) is 11.2 Å². The Morgan fingerprint density at radius 2 is 1.95 bits per heavy atom. The lowest BCUT2D eigenvalue weighted by Crippen LogP contribution is -2.38. The first-order chi connectivity index (χ1) is 9.31. The molecule has 0 aliphatic carbocycles. The monoisotopic (exact) mass is 317 g/mol. The third-order valence-electron chi connectivity index (χ3n) is 2.87. The minimum absolute atomic E-state index is 0.135. The highest BCUT2D eigenvalue weighted by atomic mass is 35.5. The number of hydrogen-bond acceptors (Lipinski definition) is 2.